The smallest absolute Gasteiger partial charge is 0.252 e. The van der Waals surface area contributed by atoms with Crippen molar-refractivity contribution in [2.45, 2.75) is 9.79 Å². The number of carbonyl (C=O) groups is 1. The number of hydrogen-bond acceptors (Lipinski definition) is 3. The molecule has 0 unspecified atom stereocenters. The van der Waals surface area contributed by atoms with Crippen LogP contribution in [0.2, 0.25) is 0 Å². The Balaban J connectivity index is 2.52. The molecule has 3 nitrogen and oxygen atoms in total. The van der Waals surface area contributed by atoms with Crippen LogP contribution in [0.1, 0.15) is 10.4 Å². The number of carbonyl (C=O) groups excluding carboxylic acids is 1. The zero-order chi connectivity index (χ0) is 14.0. The summed E-state index contributed by atoms with van der Waals surface area (Å²) in [5.74, 6) is 0. The van der Waals surface area contributed by atoms with E-state index in [9.17, 15) is 13.2 Å². The van der Waals surface area contributed by atoms with Gasteiger partial charge in [-0.1, -0.05) is 12.1 Å². The third-order valence-corrected chi connectivity index (χ3v) is 5.52. The molecule has 0 bridgehead atoms. The van der Waals surface area contributed by atoms with Crippen LogP contribution in [0.25, 0.3) is 0 Å². The standard InChI is InChI=1S/C13H8BrClO3S/c14-11-3-1-2-4-12(11)19(17,18)10-7-5-9(6-8-10)13(15)16/h1-8H. The van der Waals surface area contributed by atoms with Crippen LogP contribution in [-0.4, -0.2) is 13.7 Å². The average molecular weight is 360 g/mol. The van der Waals surface area contributed by atoms with Gasteiger partial charge in [-0.25, -0.2) is 8.42 Å². The minimum absolute atomic E-state index is 0.112. The summed E-state index contributed by atoms with van der Waals surface area (Å²) in [5, 5.41) is -0.621. The van der Waals surface area contributed by atoms with E-state index in [0.717, 1.165) is 0 Å². The van der Waals surface area contributed by atoms with Crippen LogP contribution in [-0.2, 0) is 9.84 Å². The lowest BCUT2D eigenvalue weighted by Crippen LogP contribution is -2.03. The first-order chi connectivity index (χ1) is 8.93. The molecule has 0 atom stereocenters. The van der Waals surface area contributed by atoms with E-state index in [2.05, 4.69) is 15.9 Å². The van der Waals surface area contributed by atoms with Crippen molar-refractivity contribution in [1.29, 1.82) is 0 Å². The molecule has 0 aliphatic heterocycles. The second-order valence-corrected chi connectivity index (χ2v) is 6.85. The van der Waals surface area contributed by atoms with E-state index < -0.39 is 15.1 Å². The molecule has 2 rings (SSSR count). The zero-order valence-electron chi connectivity index (χ0n) is 9.51. The molecule has 6 heteroatoms. The number of rotatable bonds is 3. The molecule has 0 saturated heterocycles. The minimum Gasteiger partial charge on any atom is -0.276 e. The largest absolute Gasteiger partial charge is 0.276 e. The minimum atomic E-state index is -3.61. The van der Waals surface area contributed by atoms with Crippen molar-refractivity contribution in [2.75, 3.05) is 0 Å². The number of sulfone groups is 1. The normalized spacial score (nSPS) is 11.3. The molecule has 0 aliphatic rings. The maximum atomic E-state index is 12.4. The maximum Gasteiger partial charge on any atom is 0.252 e. The van der Waals surface area contributed by atoms with Crippen molar-refractivity contribution in [2.24, 2.45) is 0 Å². The van der Waals surface area contributed by atoms with Crippen molar-refractivity contribution in [3.63, 3.8) is 0 Å². The van der Waals surface area contributed by atoms with Gasteiger partial charge in [-0.2, -0.15) is 0 Å². The Hall–Kier alpha value is -1.17. The lowest BCUT2D eigenvalue weighted by Gasteiger charge is -2.06. The van der Waals surface area contributed by atoms with Gasteiger partial charge in [0.25, 0.3) is 5.24 Å². The predicted octanol–water partition coefficient (Wildman–Crippen LogP) is 3.66. The van der Waals surface area contributed by atoms with E-state index in [0.29, 0.717) is 4.47 Å². The summed E-state index contributed by atoms with van der Waals surface area (Å²) in [6, 6.07) is 12.1. The average Bonchev–Trinajstić information content (AvgIpc) is 2.39. The molecule has 0 heterocycles. The lowest BCUT2D eigenvalue weighted by molar-refractivity contribution is 0.108. The van der Waals surface area contributed by atoms with Gasteiger partial charge in [-0.15, -0.1) is 0 Å². The van der Waals surface area contributed by atoms with Crippen LogP contribution < -0.4 is 0 Å². The highest BCUT2D eigenvalue weighted by Crippen LogP contribution is 2.27. The van der Waals surface area contributed by atoms with Crippen molar-refractivity contribution in [1.82, 2.24) is 0 Å². The Morgan fingerprint density at radius 2 is 1.58 bits per heavy atom. The van der Waals surface area contributed by atoms with Gasteiger partial charge in [0.05, 0.1) is 9.79 Å². The summed E-state index contributed by atoms with van der Waals surface area (Å²) >= 11 is 8.53. The van der Waals surface area contributed by atoms with Gasteiger partial charge in [0.1, 0.15) is 0 Å². The van der Waals surface area contributed by atoms with Gasteiger partial charge in [0.2, 0.25) is 9.84 Å². The molecule has 0 N–H and O–H groups in total. The first-order valence-corrected chi connectivity index (χ1v) is 7.88. The highest BCUT2D eigenvalue weighted by Gasteiger charge is 2.20. The van der Waals surface area contributed by atoms with E-state index in [4.69, 9.17) is 11.6 Å². The van der Waals surface area contributed by atoms with Crippen molar-refractivity contribution in [3.05, 3.63) is 58.6 Å². The lowest BCUT2D eigenvalue weighted by atomic mass is 10.2. The number of halogens is 2. The predicted molar refractivity (Wildman–Crippen MR) is 76.2 cm³/mol. The summed E-state index contributed by atoms with van der Waals surface area (Å²) < 4.78 is 25.3. The first kappa shape index (κ1) is 14.2. The summed E-state index contributed by atoms with van der Waals surface area (Å²) in [6.45, 7) is 0. The third-order valence-electron chi connectivity index (χ3n) is 2.52. The summed E-state index contributed by atoms with van der Waals surface area (Å²) in [5.41, 5.74) is 0.257. The quantitative estimate of drug-likeness (QED) is 0.786. The van der Waals surface area contributed by atoms with Crippen LogP contribution in [0.3, 0.4) is 0 Å². The topological polar surface area (TPSA) is 51.2 Å². The maximum absolute atomic E-state index is 12.4. The SMILES string of the molecule is O=C(Cl)c1ccc(S(=O)(=O)c2ccccc2Br)cc1. The van der Waals surface area contributed by atoms with Gasteiger partial charge in [0, 0.05) is 10.0 Å². The monoisotopic (exact) mass is 358 g/mol. The molecule has 0 fully saturated rings. The second kappa shape index (κ2) is 5.45. The summed E-state index contributed by atoms with van der Waals surface area (Å²) in [6.07, 6.45) is 0. The molecule has 0 aliphatic carbocycles. The van der Waals surface area contributed by atoms with Crippen LogP contribution in [0.4, 0.5) is 0 Å². The van der Waals surface area contributed by atoms with Crippen LogP contribution in [0.5, 0.6) is 0 Å². The molecule has 0 saturated carbocycles. The zero-order valence-corrected chi connectivity index (χ0v) is 12.7. The van der Waals surface area contributed by atoms with Crippen molar-refractivity contribution in [3.8, 4) is 0 Å². The van der Waals surface area contributed by atoms with Crippen LogP contribution in [0.15, 0.2) is 62.8 Å². The van der Waals surface area contributed by atoms with E-state index in [1.165, 1.54) is 30.3 Å². The Labute approximate surface area is 124 Å². The molecular weight excluding hydrogens is 352 g/mol. The fourth-order valence-electron chi connectivity index (χ4n) is 1.55. The van der Waals surface area contributed by atoms with E-state index in [-0.39, 0.29) is 15.4 Å². The Bertz CT molecular complexity index is 724. The first-order valence-electron chi connectivity index (χ1n) is 5.22. The van der Waals surface area contributed by atoms with E-state index >= 15 is 0 Å². The molecule has 2 aromatic carbocycles. The molecule has 19 heavy (non-hydrogen) atoms. The van der Waals surface area contributed by atoms with Gasteiger partial charge in [-0.3, -0.25) is 4.79 Å². The van der Waals surface area contributed by atoms with Gasteiger partial charge in [-0.05, 0) is 63.9 Å². The molecule has 98 valence electrons. The molecule has 0 spiro atoms. The molecular formula is C13H8BrClO3S. The molecule has 0 aromatic heterocycles. The molecule has 2 aromatic rings. The highest BCUT2D eigenvalue weighted by atomic mass is 79.9. The highest BCUT2D eigenvalue weighted by molar-refractivity contribution is 9.10. The van der Waals surface area contributed by atoms with Gasteiger partial charge in [0.15, 0.2) is 0 Å². The van der Waals surface area contributed by atoms with E-state index in [1.54, 1.807) is 18.2 Å². The molecule has 0 amide bonds. The van der Waals surface area contributed by atoms with E-state index in [1.807, 2.05) is 0 Å². The number of hydrogen-bond donors (Lipinski definition) is 0. The fraction of sp³-hybridized carbons (Fsp3) is 0. The Morgan fingerprint density at radius 3 is 2.11 bits per heavy atom. The molecule has 0 radical (unpaired) electrons. The Morgan fingerprint density at radius 1 is 1.00 bits per heavy atom. The summed E-state index contributed by atoms with van der Waals surface area (Å²) in [4.78, 5) is 11.2. The van der Waals surface area contributed by atoms with Crippen LogP contribution >= 0.6 is 27.5 Å². The van der Waals surface area contributed by atoms with Crippen molar-refractivity contribution < 1.29 is 13.2 Å². The van der Waals surface area contributed by atoms with Crippen LogP contribution in [0, 0.1) is 0 Å². The summed E-state index contributed by atoms with van der Waals surface area (Å²) in [7, 11) is -3.61. The fourth-order valence-corrected chi connectivity index (χ4v) is 3.94. The third kappa shape index (κ3) is 2.88. The van der Waals surface area contributed by atoms with Gasteiger partial charge >= 0.3 is 0 Å². The second-order valence-electron chi connectivity index (χ2n) is 3.73. The Kier molecular flexibility index (Phi) is 4.08. The van der Waals surface area contributed by atoms with Crippen molar-refractivity contribution >= 4 is 42.6 Å². The van der Waals surface area contributed by atoms with Gasteiger partial charge < -0.3 is 0 Å². The number of benzene rings is 2.